The third-order valence-electron chi connectivity index (χ3n) is 3.45. The Bertz CT molecular complexity index is 715. The van der Waals surface area contributed by atoms with Crippen LogP contribution < -0.4 is 0 Å². The molecule has 1 aromatic carbocycles. The molecule has 1 atom stereocenters. The van der Waals surface area contributed by atoms with E-state index in [4.69, 9.17) is 4.74 Å². The van der Waals surface area contributed by atoms with Gasteiger partial charge < -0.3 is 4.74 Å². The molecule has 4 rings (SSSR count). The molecule has 0 fully saturated rings. The van der Waals surface area contributed by atoms with Crippen molar-refractivity contribution in [3.63, 3.8) is 0 Å². The van der Waals surface area contributed by atoms with Crippen LogP contribution in [0.2, 0.25) is 0 Å². The molecule has 0 aliphatic carbocycles. The van der Waals surface area contributed by atoms with Crippen molar-refractivity contribution >= 4 is 48.0 Å². The maximum Gasteiger partial charge on any atom is 0.0738 e. The van der Waals surface area contributed by atoms with Crippen LogP contribution in [0.25, 0.3) is 9.40 Å². The van der Waals surface area contributed by atoms with Gasteiger partial charge in [-0.05, 0) is 34.2 Å². The van der Waals surface area contributed by atoms with Gasteiger partial charge in [-0.15, -0.1) is 22.7 Å². The van der Waals surface area contributed by atoms with E-state index in [1.54, 1.807) is 0 Å². The van der Waals surface area contributed by atoms with Crippen molar-refractivity contribution in [1.29, 1.82) is 0 Å². The minimum atomic E-state index is 0.281. The molecule has 1 aliphatic rings. The van der Waals surface area contributed by atoms with E-state index in [0.29, 0.717) is 0 Å². The van der Waals surface area contributed by atoms with Crippen LogP contribution in [0.5, 0.6) is 0 Å². The lowest BCUT2D eigenvalue weighted by Crippen LogP contribution is -1.92. The first-order valence-electron chi connectivity index (χ1n) is 6.12. The smallest absolute Gasteiger partial charge is 0.0738 e. The summed E-state index contributed by atoms with van der Waals surface area (Å²) in [5.41, 5.74) is 3.98. The van der Waals surface area contributed by atoms with Gasteiger partial charge in [-0.25, -0.2) is 0 Å². The summed E-state index contributed by atoms with van der Waals surface area (Å²) in [7, 11) is 0. The lowest BCUT2D eigenvalue weighted by molar-refractivity contribution is 0.134. The van der Waals surface area contributed by atoms with Crippen molar-refractivity contribution < 1.29 is 4.74 Å². The number of fused-ring (bicyclic) bond motifs is 2. The highest BCUT2D eigenvalue weighted by Crippen LogP contribution is 2.40. The Morgan fingerprint density at radius 2 is 1.95 bits per heavy atom. The second kappa shape index (κ2) is 4.70. The van der Waals surface area contributed by atoms with Crippen LogP contribution in [-0.4, -0.2) is 0 Å². The zero-order valence-electron chi connectivity index (χ0n) is 10.1. The average molecular weight is 351 g/mol. The highest BCUT2D eigenvalue weighted by atomic mass is 79.9. The van der Waals surface area contributed by atoms with Crippen molar-refractivity contribution in [3.05, 3.63) is 57.3 Å². The summed E-state index contributed by atoms with van der Waals surface area (Å²) < 4.78 is 8.25. The van der Waals surface area contributed by atoms with E-state index >= 15 is 0 Å². The van der Waals surface area contributed by atoms with Crippen LogP contribution in [0.1, 0.15) is 26.4 Å². The lowest BCUT2D eigenvalue weighted by atomic mass is 10.0. The molecule has 3 aromatic rings. The zero-order chi connectivity index (χ0) is 12.8. The Hall–Kier alpha value is -0.680. The molecule has 2 aromatic heterocycles. The normalized spacial score (nSPS) is 15.8. The third-order valence-corrected chi connectivity index (χ3v) is 6.93. The topological polar surface area (TPSA) is 9.23 Å². The van der Waals surface area contributed by atoms with Crippen LogP contribution in [0.15, 0.2) is 35.7 Å². The Labute approximate surface area is 128 Å². The third kappa shape index (κ3) is 2.07. The van der Waals surface area contributed by atoms with Crippen LogP contribution in [0.3, 0.4) is 0 Å². The van der Waals surface area contributed by atoms with Gasteiger partial charge in [-0.2, -0.15) is 0 Å². The molecule has 3 heterocycles. The van der Waals surface area contributed by atoms with Gasteiger partial charge in [-0.3, -0.25) is 0 Å². The maximum absolute atomic E-state index is 5.48. The fraction of sp³-hybridized carbons (Fsp3) is 0.200. The minimum Gasteiger partial charge on any atom is -0.372 e. The summed E-state index contributed by atoms with van der Waals surface area (Å²) in [5.74, 6) is 0. The highest BCUT2D eigenvalue weighted by Gasteiger charge is 2.17. The predicted octanol–water partition coefficient (Wildman–Crippen LogP) is 5.48. The van der Waals surface area contributed by atoms with E-state index in [0.717, 1.165) is 13.2 Å². The molecular weight excluding hydrogens is 340 g/mol. The Morgan fingerprint density at radius 1 is 1.05 bits per heavy atom. The highest BCUT2D eigenvalue weighted by molar-refractivity contribution is 9.09. The molecule has 0 amide bonds. The molecule has 0 saturated carbocycles. The second-order valence-electron chi connectivity index (χ2n) is 4.68. The number of rotatable bonds is 2. The number of halogens is 1. The number of benzene rings is 1. The zero-order valence-corrected chi connectivity index (χ0v) is 13.3. The van der Waals surface area contributed by atoms with E-state index < -0.39 is 0 Å². The Balaban J connectivity index is 1.73. The van der Waals surface area contributed by atoms with Crippen molar-refractivity contribution in [2.45, 2.75) is 18.0 Å². The molecule has 96 valence electrons. The number of hydrogen-bond donors (Lipinski definition) is 0. The lowest BCUT2D eigenvalue weighted by Gasteiger charge is -2.09. The van der Waals surface area contributed by atoms with Crippen LogP contribution in [0, 0.1) is 0 Å². The van der Waals surface area contributed by atoms with Gasteiger partial charge in [-0.1, -0.05) is 34.1 Å². The van der Waals surface area contributed by atoms with Gasteiger partial charge in [0, 0.05) is 14.3 Å². The van der Waals surface area contributed by atoms with E-state index in [2.05, 4.69) is 51.6 Å². The van der Waals surface area contributed by atoms with Gasteiger partial charge in [0.05, 0.1) is 18.0 Å². The van der Waals surface area contributed by atoms with Gasteiger partial charge in [0.25, 0.3) is 0 Å². The number of hydrogen-bond acceptors (Lipinski definition) is 3. The molecule has 1 unspecified atom stereocenters. The first-order chi connectivity index (χ1) is 9.31. The predicted molar refractivity (Wildman–Crippen MR) is 85.4 cm³/mol. The molecule has 0 radical (unpaired) electrons. The fourth-order valence-electron chi connectivity index (χ4n) is 2.42. The number of ether oxygens (including phenoxy) is 1. The molecule has 0 saturated heterocycles. The van der Waals surface area contributed by atoms with Crippen molar-refractivity contribution in [1.82, 2.24) is 0 Å². The Morgan fingerprint density at radius 3 is 2.84 bits per heavy atom. The summed E-state index contributed by atoms with van der Waals surface area (Å²) in [6.07, 6.45) is 0. The molecule has 1 nitrogen and oxygen atoms in total. The molecule has 19 heavy (non-hydrogen) atoms. The summed E-state index contributed by atoms with van der Waals surface area (Å²) in [6.45, 7) is 1.51. The molecule has 0 bridgehead atoms. The standard InChI is InChI=1S/C15H11BrOS2/c16-15(14-6-13-12(19-14)3-4-18-13)9-1-2-10-7-17-8-11(10)5-9/h1-6,15H,7-8H2. The van der Waals surface area contributed by atoms with Crippen molar-refractivity contribution in [2.24, 2.45) is 0 Å². The van der Waals surface area contributed by atoms with E-state index in [1.807, 2.05) is 22.7 Å². The molecular formula is C15H11BrOS2. The molecule has 4 heteroatoms. The van der Waals surface area contributed by atoms with Crippen LogP contribution in [-0.2, 0) is 18.0 Å². The second-order valence-corrected chi connectivity index (χ2v) is 7.66. The average Bonchev–Trinajstić information content (AvgIpc) is 3.11. The van der Waals surface area contributed by atoms with E-state index in [-0.39, 0.29) is 4.83 Å². The van der Waals surface area contributed by atoms with Crippen LogP contribution in [0.4, 0.5) is 0 Å². The summed E-state index contributed by atoms with van der Waals surface area (Å²) in [5, 5.41) is 2.15. The quantitative estimate of drug-likeness (QED) is 0.556. The molecule has 0 N–H and O–H groups in total. The SMILES string of the molecule is BrC(c1ccc2c(c1)COC2)c1cc2sccc2s1. The van der Waals surface area contributed by atoms with Crippen LogP contribution >= 0.6 is 38.6 Å². The fourth-order valence-corrected chi connectivity index (χ4v) is 5.25. The maximum atomic E-state index is 5.48. The minimum absolute atomic E-state index is 0.281. The summed E-state index contributed by atoms with van der Waals surface area (Å²) >= 11 is 7.52. The Kier molecular flexibility index (Phi) is 2.99. The van der Waals surface area contributed by atoms with Gasteiger partial charge in [0.1, 0.15) is 0 Å². The van der Waals surface area contributed by atoms with Gasteiger partial charge in [0.2, 0.25) is 0 Å². The van der Waals surface area contributed by atoms with Crippen molar-refractivity contribution in [3.8, 4) is 0 Å². The molecule has 1 aliphatic heterocycles. The van der Waals surface area contributed by atoms with Crippen molar-refractivity contribution in [2.75, 3.05) is 0 Å². The first kappa shape index (κ1) is 12.1. The number of alkyl halides is 1. The largest absolute Gasteiger partial charge is 0.372 e. The van der Waals surface area contributed by atoms with Gasteiger partial charge >= 0.3 is 0 Å². The van der Waals surface area contributed by atoms with Gasteiger partial charge in [0.15, 0.2) is 0 Å². The molecule has 0 spiro atoms. The summed E-state index contributed by atoms with van der Waals surface area (Å²) in [4.78, 5) is 1.66. The number of thiophene rings is 2. The first-order valence-corrected chi connectivity index (χ1v) is 8.73. The van der Waals surface area contributed by atoms with E-state index in [9.17, 15) is 0 Å². The van der Waals surface area contributed by atoms with E-state index in [1.165, 1.54) is 31.0 Å². The monoisotopic (exact) mass is 350 g/mol. The summed E-state index contributed by atoms with van der Waals surface area (Å²) in [6, 6.07) is 11.2.